The third-order valence-corrected chi connectivity index (χ3v) is 19.3. The summed E-state index contributed by atoms with van der Waals surface area (Å²) >= 11 is 0. The number of rotatable bonds is 7. The topological polar surface area (TPSA) is 659 Å². The molecule has 11 aromatic rings. The van der Waals surface area contributed by atoms with Gasteiger partial charge in [-0.2, -0.15) is 0 Å². The average molecular weight is 1640 g/mol. The van der Waals surface area contributed by atoms with Gasteiger partial charge in [-0.15, -0.1) is 0 Å². The molecule has 16 rings (SSSR count). The number of aliphatic hydroxyl groups excluding tert-OH is 4. The normalized spacial score (nSPS) is 19.6. The Morgan fingerprint density at radius 3 is 0.720 bits per heavy atom. The fourth-order valence-electron chi connectivity index (χ4n) is 13.5. The van der Waals surface area contributed by atoms with E-state index < -0.39 is 125 Å². The summed E-state index contributed by atoms with van der Waals surface area (Å²) in [7, 11) is 0. The molecule has 0 bridgehead atoms. The molecule has 36 heteroatoms. The van der Waals surface area contributed by atoms with Crippen molar-refractivity contribution in [2.45, 2.75) is 93.1 Å². The number of fused-ring (bicyclic) bond motifs is 5. The van der Waals surface area contributed by atoms with E-state index in [1.165, 1.54) is 97.1 Å². The maximum atomic E-state index is 12.7. The molecule has 0 spiro atoms. The van der Waals surface area contributed by atoms with Gasteiger partial charge in [0.25, 0.3) is 0 Å². The maximum Gasteiger partial charge on any atom is 0.338 e. The molecule has 618 valence electrons. The number of ether oxygens (including phenoxy) is 6. The molecule has 5 aliphatic heterocycles. The summed E-state index contributed by atoms with van der Waals surface area (Å²) in [6.45, 7) is 0. The van der Waals surface area contributed by atoms with Gasteiger partial charge in [-0.05, 0) is 83.9 Å². The van der Waals surface area contributed by atoms with Crippen molar-refractivity contribution >= 4 is 5.97 Å². The van der Waals surface area contributed by atoms with Gasteiger partial charge in [0.05, 0.1) is 30.0 Å². The first-order chi connectivity index (χ1) is 55.8. The Morgan fingerprint density at radius 1 is 0.237 bits per heavy atom. The number of carbonyl (C=O) groups excluding carboxylic acids is 1. The van der Waals surface area contributed by atoms with E-state index in [1.54, 1.807) is 0 Å². The SMILES string of the molecule is O=C(O[C@@H]1Cc2c(O)cc(O)cc2O[C@@H]1c1ccc(O)c(O)c1)c1cc(O)c(O)c(O)c1.Oc1cc(O)c2c(c1)O[C@H](c1cc(O)c(O)c(O)c1)[C@@H](O)C2.Oc1cc(O)c2c(c1)O[C@H](c1cc(O)c(O)c(O)c1)[C@H](O)C2.Oc1cc(O)c2c(c1)O[C@H](c1ccc(O)c(O)c1)[C@@H](O)C2.Oc1cc(O)c2c(c1)O[C@H](c1ccc(O)c(O)c1)[C@H](O)C2. The first kappa shape index (κ1) is 82.2. The van der Waals surface area contributed by atoms with Crippen LogP contribution in [-0.2, 0) is 36.8 Å². The quantitative estimate of drug-likeness (QED) is 0.0528. The van der Waals surface area contributed by atoms with E-state index in [9.17, 15) is 153 Å². The van der Waals surface area contributed by atoms with Crippen molar-refractivity contribution in [2.75, 3.05) is 0 Å². The second-order valence-corrected chi connectivity index (χ2v) is 27.6. The van der Waals surface area contributed by atoms with Gasteiger partial charge in [-0.3, -0.25) is 0 Å². The molecular formula is C82H74O36. The molecule has 0 saturated heterocycles. The fourth-order valence-corrected chi connectivity index (χ4v) is 13.5. The van der Waals surface area contributed by atoms with Gasteiger partial charge >= 0.3 is 5.97 Å². The highest BCUT2D eigenvalue weighted by atomic mass is 16.6. The Balaban J connectivity index is 0.000000137. The Bertz CT molecular complexity index is 5350. The molecule has 0 amide bonds. The fraction of sp³-hybridized carbons (Fsp3) is 0.183. The highest BCUT2D eigenvalue weighted by molar-refractivity contribution is 5.91. The summed E-state index contributed by atoms with van der Waals surface area (Å²) in [4.78, 5) is 12.7. The van der Waals surface area contributed by atoms with Crippen LogP contribution in [0.5, 0.6) is 172 Å². The van der Waals surface area contributed by atoms with Crippen LogP contribution in [0.4, 0.5) is 0 Å². The zero-order chi connectivity index (χ0) is 85.5. The summed E-state index contributed by atoms with van der Waals surface area (Å²) in [5.41, 5.74) is 3.31. The van der Waals surface area contributed by atoms with Crippen molar-refractivity contribution in [3.8, 4) is 172 Å². The van der Waals surface area contributed by atoms with Gasteiger partial charge in [0.2, 0.25) is 0 Å². The first-order valence-electron chi connectivity index (χ1n) is 35.1. The third kappa shape index (κ3) is 17.4. The highest BCUT2D eigenvalue weighted by Gasteiger charge is 2.40. The molecule has 0 aliphatic carbocycles. The minimum atomic E-state index is -1.06. The van der Waals surface area contributed by atoms with Crippen LogP contribution in [0.2, 0.25) is 0 Å². The molecule has 0 radical (unpaired) electrons. The second kappa shape index (κ2) is 33.0. The van der Waals surface area contributed by atoms with Crippen LogP contribution in [0.3, 0.4) is 0 Å². The Kier molecular flexibility index (Phi) is 23.0. The van der Waals surface area contributed by atoms with Crippen molar-refractivity contribution in [2.24, 2.45) is 0 Å². The number of aromatic hydroxyl groups is 25. The minimum absolute atomic E-state index is 0.0461. The lowest BCUT2D eigenvalue weighted by molar-refractivity contribution is -0.0189. The zero-order valence-corrected chi connectivity index (χ0v) is 60.6. The summed E-state index contributed by atoms with van der Waals surface area (Å²) in [5.74, 6) is -9.49. The van der Waals surface area contributed by atoms with Crippen LogP contribution in [0.1, 0.15) is 96.5 Å². The monoisotopic (exact) mass is 1630 g/mol. The van der Waals surface area contributed by atoms with E-state index in [2.05, 4.69) is 0 Å². The number of esters is 1. The van der Waals surface area contributed by atoms with E-state index in [0.29, 0.717) is 38.9 Å². The molecule has 36 nitrogen and oxygen atoms in total. The van der Waals surface area contributed by atoms with Crippen LogP contribution in [0.15, 0.2) is 152 Å². The standard InChI is InChI=1S/C22H18O10.2C15H14O7.2C15H14O6/c23-11-6-14(25)12-8-19(32-22(30)10-4-16(27)20(29)17(28)5-10)21(31-18(12)7-11)9-1-2-13(24)15(26)3-9;2*16-7-3-9(17)8-5-12(20)15(22-13(8)4-7)6-1-10(18)14(21)11(19)2-6;2*16-8-4-11(18)9-6-13(20)15(21-14(9)5-8)7-1-2-10(17)12(19)3-7/h1-7,19,21,23-29H,8H2;2*1-4,12,15-21H,5H2;2*1-5,13,15-20H,6H2/t19-,21-;12-,15+;12-,15-;13-,15+;13-,15-/m10101/s1. The number of phenolic OH excluding ortho intramolecular Hbond substituents is 25. The predicted molar refractivity (Wildman–Crippen MR) is 401 cm³/mol. The van der Waals surface area contributed by atoms with Gasteiger partial charge in [-0.25, -0.2) is 4.79 Å². The van der Waals surface area contributed by atoms with E-state index in [0.717, 1.165) is 54.6 Å². The second-order valence-electron chi connectivity index (χ2n) is 27.6. The van der Waals surface area contributed by atoms with Gasteiger partial charge in [0.1, 0.15) is 105 Å². The lowest BCUT2D eigenvalue weighted by Crippen LogP contribution is -2.34. The van der Waals surface area contributed by atoms with Crippen LogP contribution >= 0.6 is 0 Å². The Labute approximate surface area is 663 Å². The van der Waals surface area contributed by atoms with Gasteiger partial charge in [-0.1, -0.05) is 18.2 Å². The van der Waals surface area contributed by atoms with Gasteiger partial charge in [0.15, 0.2) is 105 Å². The summed E-state index contributed by atoms with van der Waals surface area (Å²) in [6.07, 6.45) is -9.09. The first-order valence-corrected chi connectivity index (χ1v) is 35.1. The van der Waals surface area contributed by atoms with Crippen molar-refractivity contribution in [3.05, 3.63) is 213 Å². The summed E-state index contributed by atoms with van der Waals surface area (Å²) in [6, 6.07) is 30.9. The van der Waals surface area contributed by atoms with Crippen molar-refractivity contribution in [1.82, 2.24) is 0 Å². The molecule has 0 saturated carbocycles. The number of hydrogen-bond acceptors (Lipinski definition) is 36. The predicted octanol–water partition coefficient (Wildman–Crippen LogP) is 8.12. The van der Waals surface area contributed by atoms with Gasteiger partial charge < -0.3 is 177 Å². The molecule has 29 N–H and O–H groups in total. The molecule has 0 fully saturated rings. The molecule has 11 aromatic carbocycles. The molecule has 5 heterocycles. The van der Waals surface area contributed by atoms with Crippen LogP contribution < -0.4 is 23.7 Å². The van der Waals surface area contributed by atoms with Crippen LogP contribution in [-0.4, -0.2) is 185 Å². The third-order valence-electron chi connectivity index (χ3n) is 19.3. The van der Waals surface area contributed by atoms with Crippen molar-refractivity contribution in [1.29, 1.82) is 0 Å². The number of hydrogen-bond donors (Lipinski definition) is 29. The average Bonchev–Trinajstić information content (AvgIpc) is 0.787. The lowest BCUT2D eigenvalue weighted by atomic mass is 9.93. The number of phenols is 25. The number of carbonyl (C=O) groups is 1. The van der Waals surface area contributed by atoms with Crippen molar-refractivity contribution < 1.29 is 181 Å². The van der Waals surface area contributed by atoms with Gasteiger partial charge in [0, 0.05) is 137 Å². The molecule has 0 aromatic heterocycles. The van der Waals surface area contributed by atoms with E-state index >= 15 is 0 Å². The highest BCUT2D eigenvalue weighted by Crippen LogP contribution is 2.51. The van der Waals surface area contributed by atoms with E-state index in [-0.39, 0.29) is 169 Å². The Morgan fingerprint density at radius 2 is 0.458 bits per heavy atom. The van der Waals surface area contributed by atoms with Crippen molar-refractivity contribution in [3.63, 3.8) is 0 Å². The largest absolute Gasteiger partial charge is 0.508 e. The smallest absolute Gasteiger partial charge is 0.338 e. The van der Waals surface area contributed by atoms with Crippen LogP contribution in [0.25, 0.3) is 0 Å². The van der Waals surface area contributed by atoms with E-state index in [1.807, 2.05) is 0 Å². The Hall–Kier alpha value is -15.3. The number of aliphatic hydroxyl groups is 4. The molecule has 0 unspecified atom stereocenters. The molecule has 10 atom stereocenters. The molecule has 5 aliphatic rings. The molecule has 118 heavy (non-hydrogen) atoms. The van der Waals surface area contributed by atoms with Crippen LogP contribution in [0, 0.1) is 0 Å². The van der Waals surface area contributed by atoms with E-state index in [4.69, 9.17) is 28.4 Å². The minimum Gasteiger partial charge on any atom is -0.508 e. The zero-order valence-electron chi connectivity index (χ0n) is 60.6. The lowest BCUT2D eigenvalue weighted by Gasteiger charge is -2.34. The maximum absolute atomic E-state index is 12.7. The number of benzene rings is 11. The molecular weight excluding hydrogens is 1560 g/mol. The summed E-state index contributed by atoms with van der Waals surface area (Å²) < 4.78 is 33.8. The summed E-state index contributed by atoms with van der Waals surface area (Å²) in [5, 5.41) is 281.